The highest BCUT2D eigenvalue weighted by Gasteiger charge is 2.30. The van der Waals surface area contributed by atoms with E-state index < -0.39 is 23.2 Å². The van der Waals surface area contributed by atoms with E-state index in [4.69, 9.17) is 0 Å². The van der Waals surface area contributed by atoms with Crippen LogP contribution < -0.4 is 10.9 Å². The van der Waals surface area contributed by atoms with E-state index in [0.717, 1.165) is 23.0 Å². The van der Waals surface area contributed by atoms with Gasteiger partial charge in [-0.25, -0.2) is 8.78 Å². The third-order valence-electron chi connectivity index (χ3n) is 5.63. The number of carbonyl (C=O) groups is 1. The van der Waals surface area contributed by atoms with Crippen LogP contribution in [0, 0.1) is 11.6 Å². The average Bonchev–Trinajstić information content (AvgIpc) is 3.21. The minimum absolute atomic E-state index is 0.0558. The molecule has 0 bridgehead atoms. The number of hydrogen-bond acceptors (Lipinski definition) is 4. The van der Waals surface area contributed by atoms with Crippen molar-refractivity contribution in [2.75, 3.05) is 13.6 Å². The lowest BCUT2D eigenvalue weighted by Gasteiger charge is -2.34. The number of nitrogens with zero attached hydrogens (tertiary/aromatic N) is 2. The van der Waals surface area contributed by atoms with Crippen LogP contribution in [0.3, 0.4) is 0 Å². The lowest BCUT2D eigenvalue weighted by Crippen LogP contribution is -2.42. The van der Waals surface area contributed by atoms with Crippen molar-refractivity contribution in [3.8, 4) is 0 Å². The molecule has 0 unspecified atom stereocenters. The van der Waals surface area contributed by atoms with Gasteiger partial charge in [0.25, 0.3) is 11.5 Å². The fourth-order valence-electron chi connectivity index (χ4n) is 4.10. The molecule has 1 amide bonds. The molecule has 1 atom stereocenters. The highest BCUT2D eigenvalue weighted by Crippen LogP contribution is 2.32. The van der Waals surface area contributed by atoms with E-state index in [1.165, 1.54) is 0 Å². The van der Waals surface area contributed by atoms with E-state index in [-0.39, 0.29) is 11.3 Å². The Hall–Kier alpha value is -3.59. The monoisotopic (exact) mass is 409 g/mol. The highest BCUT2D eigenvalue weighted by molar-refractivity contribution is 5.98. The van der Waals surface area contributed by atoms with Crippen LogP contribution in [0.1, 0.15) is 27.7 Å². The zero-order chi connectivity index (χ0) is 21.0. The van der Waals surface area contributed by atoms with E-state index in [9.17, 15) is 18.4 Å². The van der Waals surface area contributed by atoms with Crippen LogP contribution in [0.2, 0.25) is 0 Å². The first kappa shape index (κ1) is 18.4. The molecule has 30 heavy (non-hydrogen) atoms. The quantitative estimate of drug-likeness (QED) is 0.474. The molecule has 0 radical (unpaired) electrons. The predicted molar refractivity (Wildman–Crippen MR) is 107 cm³/mol. The van der Waals surface area contributed by atoms with Crippen LogP contribution in [-0.4, -0.2) is 39.6 Å². The largest absolute Gasteiger partial charge is 0.333 e. The van der Waals surface area contributed by atoms with Gasteiger partial charge >= 0.3 is 0 Å². The van der Waals surface area contributed by atoms with Crippen molar-refractivity contribution in [2.45, 2.75) is 12.6 Å². The number of aromatic nitrogens is 3. The molecule has 0 saturated carbocycles. The lowest BCUT2D eigenvalue weighted by atomic mass is 9.93. The topological polar surface area (TPSA) is 93.9 Å². The number of benzene rings is 2. The molecule has 0 saturated heterocycles. The maximum absolute atomic E-state index is 14.0. The number of fused-ring (bicyclic) bond motifs is 4. The Bertz CT molecular complexity index is 1380. The molecule has 3 heterocycles. The zero-order valence-electron chi connectivity index (χ0n) is 15.9. The fraction of sp³-hybridized carbons (Fsp3) is 0.190. The second kappa shape index (κ2) is 6.74. The summed E-state index contributed by atoms with van der Waals surface area (Å²) in [7, 11) is 1.65. The Kier molecular flexibility index (Phi) is 4.14. The van der Waals surface area contributed by atoms with Gasteiger partial charge in [0.15, 0.2) is 11.6 Å². The number of rotatable bonds is 2. The van der Waals surface area contributed by atoms with Gasteiger partial charge in [0.1, 0.15) is 0 Å². The second-order valence-corrected chi connectivity index (χ2v) is 7.39. The average molecular weight is 409 g/mol. The second-order valence-electron chi connectivity index (χ2n) is 7.39. The fourth-order valence-corrected chi connectivity index (χ4v) is 4.10. The Balaban J connectivity index is 1.62. The Morgan fingerprint density at radius 1 is 1.17 bits per heavy atom. The molecule has 5 rings (SSSR count). The van der Waals surface area contributed by atoms with Gasteiger partial charge in [0.2, 0.25) is 0 Å². The number of likely N-dealkylation sites (N-methyl/N-ethyl adjacent to an activating group) is 1. The molecular formula is C21H17F2N5O2. The van der Waals surface area contributed by atoms with Gasteiger partial charge in [-0.1, -0.05) is 0 Å². The zero-order valence-corrected chi connectivity index (χ0v) is 15.9. The number of carbonyl (C=O) groups excluding carboxylic acids is 1. The van der Waals surface area contributed by atoms with Gasteiger partial charge in [-0.2, -0.15) is 5.10 Å². The molecule has 152 valence electrons. The predicted octanol–water partition coefficient (Wildman–Crippen LogP) is 2.60. The molecule has 1 aliphatic rings. The third-order valence-corrected chi connectivity index (χ3v) is 5.63. The van der Waals surface area contributed by atoms with Crippen LogP contribution in [0.5, 0.6) is 0 Å². The van der Waals surface area contributed by atoms with E-state index in [0.29, 0.717) is 35.3 Å². The minimum Gasteiger partial charge on any atom is -0.333 e. The molecule has 2 aromatic heterocycles. The van der Waals surface area contributed by atoms with E-state index in [1.54, 1.807) is 36.3 Å². The number of H-pyrrole nitrogens is 2. The highest BCUT2D eigenvalue weighted by atomic mass is 19.2. The molecule has 9 heteroatoms. The summed E-state index contributed by atoms with van der Waals surface area (Å²) in [6, 6.07) is 6.68. The first-order valence-corrected chi connectivity index (χ1v) is 9.39. The molecule has 1 aliphatic heterocycles. The van der Waals surface area contributed by atoms with Crippen molar-refractivity contribution in [2.24, 2.45) is 0 Å². The van der Waals surface area contributed by atoms with Gasteiger partial charge < -0.3 is 15.2 Å². The van der Waals surface area contributed by atoms with Gasteiger partial charge in [-0.3, -0.25) is 14.7 Å². The van der Waals surface area contributed by atoms with E-state index >= 15 is 0 Å². The molecule has 2 aromatic carbocycles. The Labute approximate surface area is 168 Å². The minimum atomic E-state index is -1.09. The maximum atomic E-state index is 14.0. The van der Waals surface area contributed by atoms with Crippen LogP contribution >= 0.6 is 0 Å². The Morgan fingerprint density at radius 3 is 2.73 bits per heavy atom. The summed E-state index contributed by atoms with van der Waals surface area (Å²) in [5, 5.41) is 11.2. The maximum Gasteiger partial charge on any atom is 0.256 e. The number of nitrogens with one attached hydrogen (secondary N) is 3. The van der Waals surface area contributed by atoms with Crippen molar-refractivity contribution >= 4 is 27.6 Å². The van der Waals surface area contributed by atoms with E-state index in [1.807, 2.05) is 0 Å². The van der Waals surface area contributed by atoms with Crippen LogP contribution in [-0.2, 0) is 6.54 Å². The number of halogens is 2. The standard InChI is InChI=1S/C21H17F2N5O2/c1-28(21(30)10-2-3-16-11(4-10)7-25-27-16)18-9-24-8-17-19(18)12-5-14(22)15(23)6-13(12)20(29)26-17/h2-7,18,24H,8-9H2,1H3,(H,25,27)(H,26,29)/t18-/m0/s1. The van der Waals surface area contributed by atoms with Crippen molar-refractivity contribution in [3.05, 3.63) is 75.3 Å². The van der Waals surface area contributed by atoms with Gasteiger partial charge in [-0.15, -0.1) is 0 Å². The first-order chi connectivity index (χ1) is 14.4. The molecule has 0 fully saturated rings. The SMILES string of the molecule is CN(C(=O)c1ccc2[nH]ncc2c1)[C@H]1CNCc2[nH]c(=O)c3cc(F)c(F)cc3c21. The number of hydrogen-bond donors (Lipinski definition) is 3. The summed E-state index contributed by atoms with van der Waals surface area (Å²) in [4.78, 5) is 29.9. The number of aromatic amines is 2. The summed E-state index contributed by atoms with van der Waals surface area (Å²) in [6.07, 6.45) is 1.64. The summed E-state index contributed by atoms with van der Waals surface area (Å²) >= 11 is 0. The number of pyridine rings is 1. The van der Waals surface area contributed by atoms with Crippen molar-refractivity contribution in [1.82, 2.24) is 25.4 Å². The summed E-state index contributed by atoms with van der Waals surface area (Å²) < 4.78 is 27.8. The van der Waals surface area contributed by atoms with Gasteiger partial charge in [0, 0.05) is 42.3 Å². The summed E-state index contributed by atoms with van der Waals surface area (Å²) in [5.74, 6) is -2.36. The van der Waals surface area contributed by atoms with Crippen LogP contribution in [0.15, 0.2) is 41.3 Å². The van der Waals surface area contributed by atoms with Crippen molar-refractivity contribution < 1.29 is 13.6 Å². The molecule has 0 aliphatic carbocycles. The lowest BCUT2D eigenvalue weighted by molar-refractivity contribution is 0.0723. The molecule has 4 aromatic rings. The van der Waals surface area contributed by atoms with Crippen LogP contribution in [0.4, 0.5) is 8.78 Å². The van der Waals surface area contributed by atoms with E-state index in [2.05, 4.69) is 20.5 Å². The molecule has 3 N–H and O–H groups in total. The van der Waals surface area contributed by atoms with Crippen molar-refractivity contribution in [1.29, 1.82) is 0 Å². The van der Waals surface area contributed by atoms with Crippen molar-refractivity contribution in [3.63, 3.8) is 0 Å². The summed E-state index contributed by atoms with van der Waals surface area (Å²) in [6.45, 7) is 0.766. The molecule has 7 nitrogen and oxygen atoms in total. The molecule has 0 spiro atoms. The van der Waals surface area contributed by atoms with Crippen LogP contribution in [0.25, 0.3) is 21.7 Å². The third kappa shape index (κ3) is 2.78. The van der Waals surface area contributed by atoms with Gasteiger partial charge in [-0.05, 0) is 35.7 Å². The smallest absolute Gasteiger partial charge is 0.256 e. The summed E-state index contributed by atoms with van der Waals surface area (Å²) in [5.41, 5.74) is 1.97. The first-order valence-electron chi connectivity index (χ1n) is 9.39. The molecular weight excluding hydrogens is 392 g/mol. The number of amides is 1. The normalized spacial score (nSPS) is 16.0. The van der Waals surface area contributed by atoms with Gasteiger partial charge in [0.05, 0.1) is 23.1 Å². The Morgan fingerprint density at radius 2 is 1.93 bits per heavy atom.